The molecule has 2 N–H and O–H groups in total. The van der Waals surface area contributed by atoms with E-state index >= 15 is 0 Å². The van der Waals surface area contributed by atoms with Crippen LogP contribution in [0.1, 0.15) is 17.1 Å². The first-order chi connectivity index (χ1) is 7.88. The van der Waals surface area contributed by atoms with E-state index in [0.29, 0.717) is 0 Å². The summed E-state index contributed by atoms with van der Waals surface area (Å²) in [4.78, 5) is 7.67. The second-order valence-electron chi connectivity index (χ2n) is 3.87. The molecule has 0 bridgehead atoms. The lowest BCUT2D eigenvalue weighted by Gasteiger charge is -1.98. The molecule has 0 spiro atoms. The molecule has 1 aromatic carbocycles. The molecule has 0 radical (unpaired) electrons. The van der Waals surface area contributed by atoms with Crippen LogP contribution in [0.25, 0.3) is 0 Å². The topological polar surface area (TPSA) is 40.7 Å². The van der Waals surface area contributed by atoms with Crippen molar-refractivity contribution in [2.45, 2.75) is 19.4 Å². The first-order valence-corrected chi connectivity index (χ1v) is 5.60. The average Bonchev–Trinajstić information content (AvgIpc) is 2.76. The Morgan fingerprint density at radius 3 is 2.75 bits per heavy atom. The summed E-state index contributed by atoms with van der Waals surface area (Å²) in [5.74, 6) is 1.06. The smallest absolute Gasteiger partial charge is 0.106 e. The van der Waals surface area contributed by atoms with E-state index in [9.17, 15) is 0 Å². The van der Waals surface area contributed by atoms with Gasteiger partial charge in [-0.25, -0.2) is 4.98 Å². The number of rotatable bonds is 5. The molecule has 1 heterocycles. The molecule has 0 saturated heterocycles. The Morgan fingerprint density at radius 1 is 1.19 bits per heavy atom. The minimum Gasteiger partial charge on any atom is -0.345 e. The molecule has 0 aliphatic rings. The van der Waals surface area contributed by atoms with Gasteiger partial charge in [-0.3, -0.25) is 0 Å². The maximum absolute atomic E-state index is 4.35. The zero-order valence-corrected chi connectivity index (χ0v) is 9.53. The number of nitrogens with one attached hydrogen (secondary N) is 2. The van der Waals surface area contributed by atoms with Gasteiger partial charge in [0.2, 0.25) is 0 Å². The fourth-order valence-electron chi connectivity index (χ4n) is 1.72. The highest BCUT2D eigenvalue weighted by molar-refractivity contribution is 5.15. The molecular formula is C13H17N3. The minimum absolute atomic E-state index is 0.846. The molecule has 1 aromatic heterocycles. The van der Waals surface area contributed by atoms with Crippen LogP contribution < -0.4 is 5.32 Å². The number of hydrogen-bond donors (Lipinski definition) is 2. The van der Waals surface area contributed by atoms with E-state index in [2.05, 4.69) is 39.6 Å². The van der Waals surface area contributed by atoms with Crippen molar-refractivity contribution in [2.75, 3.05) is 7.05 Å². The van der Waals surface area contributed by atoms with Crippen molar-refractivity contribution in [1.82, 2.24) is 15.3 Å². The van der Waals surface area contributed by atoms with Gasteiger partial charge in [-0.15, -0.1) is 0 Å². The van der Waals surface area contributed by atoms with Crippen molar-refractivity contribution >= 4 is 0 Å². The van der Waals surface area contributed by atoms with Crippen molar-refractivity contribution in [3.8, 4) is 0 Å². The van der Waals surface area contributed by atoms with Crippen LogP contribution in [-0.2, 0) is 19.4 Å². The van der Waals surface area contributed by atoms with Crippen LogP contribution in [0.4, 0.5) is 0 Å². The number of aromatic nitrogens is 2. The average molecular weight is 215 g/mol. The summed E-state index contributed by atoms with van der Waals surface area (Å²) in [6.07, 6.45) is 3.90. The summed E-state index contributed by atoms with van der Waals surface area (Å²) in [7, 11) is 1.94. The molecule has 0 unspecified atom stereocenters. The molecule has 84 valence electrons. The number of hydrogen-bond acceptors (Lipinski definition) is 2. The lowest BCUT2D eigenvalue weighted by Crippen LogP contribution is -2.05. The van der Waals surface area contributed by atoms with Crippen LogP contribution in [-0.4, -0.2) is 17.0 Å². The van der Waals surface area contributed by atoms with E-state index in [1.54, 1.807) is 0 Å². The van der Waals surface area contributed by atoms with Crippen LogP contribution in [0, 0.1) is 0 Å². The number of nitrogens with zero attached hydrogens (tertiary/aromatic N) is 1. The van der Waals surface area contributed by atoms with Gasteiger partial charge in [-0.1, -0.05) is 30.3 Å². The van der Waals surface area contributed by atoms with Gasteiger partial charge in [-0.2, -0.15) is 0 Å². The molecule has 0 saturated carbocycles. The van der Waals surface area contributed by atoms with Crippen molar-refractivity contribution in [3.05, 3.63) is 53.6 Å². The number of H-pyrrole nitrogens is 1. The van der Waals surface area contributed by atoms with Gasteiger partial charge >= 0.3 is 0 Å². The summed E-state index contributed by atoms with van der Waals surface area (Å²) < 4.78 is 0. The summed E-state index contributed by atoms with van der Waals surface area (Å²) in [6, 6.07) is 10.5. The minimum atomic E-state index is 0.846. The fourth-order valence-corrected chi connectivity index (χ4v) is 1.72. The zero-order chi connectivity index (χ0) is 11.2. The second kappa shape index (κ2) is 5.47. The fraction of sp³-hybridized carbons (Fsp3) is 0.308. The van der Waals surface area contributed by atoms with Crippen LogP contribution >= 0.6 is 0 Å². The summed E-state index contributed by atoms with van der Waals surface area (Å²) in [5.41, 5.74) is 2.50. The van der Waals surface area contributed by atoms with Gasteiger partial charge in [0.05, 0.1) is 0 Å². The van der Waals surface area contributed by atoms with Crippen LogP contribution in [0.3, 0.4) is 0 Å². The second-order valence-corrected chi connectivity index (χ2v) is 3.87. The Hall–Kier alpha value is -1.61. The van der Waals surface area contributed by atoms with Crippen molar-refractivity contribution < 1.29 is 0 Å². The molecule has 0 aliphatic heterocycles. The van der Waals surface area contributed by atoms with Crippen molar-refractivity contribution in [2.24, 2.45) is 0 Å². The van der Waals surface area contributed by atoms with Crippen molar-refractivity contribution in [3.63, 3.8) is 0 Å². The highest BCUT2D eigenvalue weighted by atomic mass is 14.9. The monoisotopic (exact) mass is 215 g/mol. The largest absolute Gasteiger partial charge is 0.345 e. The van der Waals surface area contributed by atoms with E-state index < -0.39 is 0 Å². The predicted octanol–water partition coefficient (Wildman–Crippen LogP) is 1.91. The Labute approximate surface area is 95.9 Å². The van der Waals surface area contributed by atoms with Gasteiger partial charge in [0.15, 0.2) is 0 Å². The maximum Gasteiger partial charge on any atom is 0.106 e. The van der Waals surface area contributed by atoms with E-state index in [4.69, 9.17) is 0 Å². The molecule has 0 fully saturated rings. The molecule has 2 aromatic rings. The zero-order valence-electron chi connectivity index (χ0n) is 9.53. The van der Waals surface area contributed by atoms with E-state index in [1.807, 2.05) is 19.3 Å². The molecule has 3 nitrogen and oxygen atoms in total. The number of benzene rings is 1. The van der Waals surface area contributed by atoms with Gasteiger partial charge in [-0.05, 0) is 19.0 Å². The summed E-state index contributed by atoms with van der Waals surface area (Å²) >= 11 is 0. The van der Waals surface area contributed by atoms with E-state index in [1.165, 1.54) is 5.56 Å². The molecule has 0 amide bonds. The van der Waals surface area contributed by atoms with Gasteiger partial charge in [0, 0.05) is 24.9 Å². The normalized spacial score (nSPS) is 10.6. The summed E-state index contributed by atoms with van der Waals surface area (Å²) in [5, 5.41) is 3.10. The lowest BCUT2D eigenvalue weighted by atomic mass is 10.1. The molecule has 0 aliphatic carbocycles. The maximum atomic E-state index is 4.35. The van der Waals surface area contributed by atoms with Crippen LogP contribution in [0.5, 0.6) is 0 Å². The number of aromatic amines is 1. The first-order valence-electron chi connectivity index (χ1n) is 5.60. The van der Waals surface area contributed by atoms with E-state index in [0.717, 1.165) is 30.9 Å². The van der Waals surface area contributed by atoms with Crippen molar-refractivity contribution in [1.29, 1.82) is 0 Å². The Balaban J connectivity index is 1.89. The third kappa shape index (κ3) is 2.94. The molecular weight excluding hydrogens is 198 g/mol. The van der Waals surface area contributed by atoms with Gasteiger partial charge in [0.25, 0.3) is 0 Å². The molecule has 3 heteroatoms. The highest BCUT2D eigenvalue weighted by Crippen LogP contribution is 2.04. The number of imidazole rings is 1. The molecule has 2 rings (SSSR count). The van der Waals surface area contributed by atoms with E-state index in [-0.39, 0.29) is 0 Å². The lowest BCUT2D eigenvalue weighted by molar-refractivity contribution is 0.788. The predicted molar refractivity (Wildman–Crippen MR) is 65.2 cm³/mol. The molecule has 16 heavy (non-hydrogen) atoms. The van der Waals surface area contributed by atoms with Gasteiger partial charge < -0.3 is 10.3 Å². The Kier molecular flexibility index (Phi) is 3.72. The molecule has 0 atom stereocenters. The first kappa shape index (κ1) is 10.9. The highest BCUT2D eigenvalue weighted by Gasteiger charge is 2.00. The van der Waals surface area contributed by atoms with Crippen LogP contribution in [0.2, 0.25) is 0 Å². The third-order valence-electron chi connectivity index (χ3n) is 2.54. The SMILES string of the molecule is CNCc1cnc(CCc2ccccc2)[nH]1. The summed E-state index contributed by atoms with van der Waals surface area (Å²) in [6.45, 7) is 0.846. The Bertz CT molecular complexity index is 420. The van der Waals surface area contributed by atoms with Gasteiger partial charge in [0.1, 0.15) is 5.82 Å². The standard InChI is InChI=1S/C13H17N3/c1-14-9-12-10-15-13(16-12)8-7-11-5-3-2-4-6-11/h2-6,10,14H,7-9H2,1H3,(H,15,16). The third-order valence-corrected chi connectivity index (χ3v) is 2.54. The van der Waals surface area contributed by atoms with Crippen LogP contribution in [0.15, 0.2) is 36.5 Å². The Morgan fingerprint density at radius 2 is 2.00 bits per heavy atom. The number of aryl methyl sites for hydroxylation is 2. The quantitative estimate of drug-likeness (QED) is 0.800.